The van der Waals surface area contributed by atoms with Gasteiger partial charge in [0.15, 0.2) is 5.79 Å². The van der Waals surface area contributed by atoms with Crippen LogP contribution in [0.1, 0.15) is 73.5 Å². The fraction of sp³-hybridized carbons (Fsp3) is 0.833. The quantitative estimate of drug-likeness (QED) is 0.909. The molecule has 23 heavy (non-hydrogen) atoms. The van der Waals surface area contributed by atoms with E-state index < -0.39 is 0 Å². The number of hydrogen-bond donors (Lipinski definition) is 1. The molecule has 0 bridgehead atoms. The third kappa shape index (κ3) is 3.48. The summed E-state index contributed by atoms with van der Waals surface area (Å²) in [5.41, 5.74) is 1.35. The van der Waals surface area contributed by atoms with Gasteiger partial charge in [-0.1, -0.05) is 6.42 Å². The number of ether oxygens (including phenoxy) is 2. The maximum absolute atomic E-state index is 6.26. The van der Waals surface area contributed by atoms with Crippen molar-refractivity contribution in [1.82, 2.24) is 10.3 Å². The van der Waals surface area contributed by atoms with Gasteiger partial charge in [-0.25, -0.2) is 4.98 Å². The van der Waals surface area contributed by atoms with Crippen LogP contribution in [-0.4, -0.2) is 30.0 Å². The molecule has 2 atom stereocenters. The smallest absolute Gasteiger partial charge is 0.168 e. The first-order valence-corrected chi connectivity index (χ1v) is 10.1. The van der Waals surface area contributed by atoms with Gasteiger partial charge in [-0.2, -0.15) is 0 Å². The van der Waals surface area contributed by atoms with Crippen molar-refractivity contribution in [1.29, 1.82) is 0 Å². The Morgan fingerprint density at radius 3 is 2.87 bits per heavy atom. The van der Waals surface area contributed by atoms with Gasteiger partial charge in [0.1, 0.15) is 5.01 Å². The monoisotopic (exact) mass is 336 g/mol. The van der Waals surface area contributed by atoms with E-state index in [1.165, 1.54) is 60.5 Å². The van der Waals surface area contributed by atoms with Gasteiger partial charge in [0.05, 0.1) is 24.4 Å². The molecule has 5 heteroatoms. The van der Waals surface area contributed by atoms with Crippen molar-refractivity contribution >= 4 is 11.3 Å². The van der Waals surface area contributed by atoms with Gasteiger partial charge in [0.2, 0.25) is 0 Å². The van der Waals surface area contributed by atoms with Crippen molar-refractivity contribution < 1.29 is 9.47 Å². The lowest BCUT2D eigenvalue weighted by molar-refractivity contribution is -0.186. The van der Waals surface area contributed by atoms with Crippen LogP contribution in [0.15, 0.2) is 0 Å². The van der Waals surface area contributed by atoms with Gasteiger partial charge >= 0.3 is 0 Å². The number of hydrogen-bond acceptors (Lipinski definition) is 5. The van der Waals surface area contributed by atoms with Gasteiger partial charge in [-0.15, -0.1) is 11.3 Å². The summed E-state index contributed by atoms with van der Waals surface area (Å²) in [6, 6.07) is 0.303. The number of nitrogens with zero attached hydrogens (tertiary/aromatic N) is 1. The minimum Gasteiger partial charge on any atom is -0.347 e. The molecule has 0 unspecified atom stereocenters. The number of nitrogens with one attached hydrogen (secondary N) is 1. The topological polar surface area (TPSA) is 43.4 Å². The second kappa shape index (κ2) is 6.79. The number of thiazole rings is 1. The van der Waals surface area contributed by atoms with Crippen LogP contribution in [-0.2, 0) is 22.3 Å². The van der Waals surface area contributed by atoms with E-state index in [9.17, 15) is 0 Å². The number of rotatable bonds is 4. The van der Waals surface area contributed by atoms with Crippen LogP contribution in [0.25, 0.3) is 0 Å². The molecule has 1 saturated carbocycles. The molecule has 4 rings (SSSR count). The minimum absolute atomic E-state index is 0.185. The Morgan fingerprint density at radius 1 is 1.22 bits per heavy atom. The summed E-state index contributed by atoms with van der Waals surface area (Å²) >= 11 is 1.90. The van der Waals surface area contributed by atoms with Crippen LogP contribution in [0.5, 0.6) is 0 Å². The highest BCUT2D eigenvalue weighted by atomic mass is 32.1. The van der Waals surface area contributed by atoms with E-state index in [4.69, 9.17) is 14.5 Å². The molecule has 2 heterocycles. The van der Waals surface area contributed by atoms with Crippen molar-refractivity contribution in [3.63, 3.8) is 0 Å². The molecule has 0 amide bonds. The summed E-state index contributed by atoms with van der Waals surface area (Å²) in [5, 5.41) is 4.85. The van der Waals surface area contributed by atoms with Gasteiger partial charge < -0.3 is 14.8 Å². The zero-order valence-electron chi connectivity index (χ0n) is 14.1. The minimum atomic E-state index is -0.256. The average Bonchev–Trinajstić information content (AvgIpc) is 3.18. The van der Waals surface area contributed by atoms with E-state index >= 15 is 0 Å². The normalized spacial score (nSPS) is 28.0. The Labute approximate surface area is 143 Å². The maximum Gasteiger partial charge on any atom is 0.168 e. The van der Waals surface area contributed by atoms with Crippen molar-refractivity contribution in [3.8, 4) is 0 Å². The Hall–Kier alpha value is -0.490. The van der Waals surface area contributed by atoms with E-state index in [1.54, 1.807) is 0 Å². The standard InChI is InChI=1S/C18H28N2O2S/c1-13(17-20-15-7-3-4-8-16(15)23-17)19-11-14-12-21-18(22-14)9-5-2-6-10-18/h13-14,19H,2-12H2,1H3/t13-,14-/m0/s1. The summed E-state index contributed by atoms with van der Waals surface area (Å²) in [5.74, 6) is -0.256. The first kappa shape index (κ1) is 16.0. The summed E-state index contributed by atoms with van der Waals surface area (Å²) in [6.07, 6.45) is 11.1. The average molecular weight is 337 g/mol. The molecule has 1 spiro atoms. The largest absolute Gasteiger partial charge is 0.347 e. The predicted molar refractivity (Wildman–Crippen MR) is 91.8 cm³/mol. The van der Waals surface area contributed by atoms with Gasteiger partial charge in [-0.05, 0) is 45.4 Å². The highest BCUT2D eigenvalue weighted by Crippen LogP contribution is 2.37. The second-order valence-electron chi connectivity index (χ2n) is 7.28. The van der Waals surface area contributed by atoms with Crippen LogP contribution in [0.2, 0.25) is 0 Å². The molecule has 1 N–H and O–H groups in total. The highest BCUT2D eigenvalue weighted by Gasteiger charge is 2.42. The lowest BCUT2D eigenvalue weighted by atomic mass is 9.94. The Morgan fingerprint density at radius 2 is 2.04 bits per heavy atom. The number of aromatic nitrogens is 1. The molecule has 1 saturated heterocycles. The van der Waals surface area contributed by atoms with Crippen molar-refractivity contribution in [2.45, 2.75) is 82.6 Å². The summed E-state index contributed by atoms with van der Waals surface area (Å²) in [6.45, 7) is 3.80. The van der Waals surface area contributed by atoms with Crippen molar-refractivity contribution in [2.75, 3.05) is 13.2 Å². The summed E-state index contributed by atoms with van der Waals surface area (Å²) in [4.78, 5) is 6.38. The molecule has 3 aliphatic rings. The molecule has 128 valence electrons. The van der Waals surface area contributed by atoms with E-state index in [2.05, 4.69) is 12.2 Å². The Balaban J connectivity index is 1.30. The molecule has 0 aromatic carbocycles. The molecule has 1 aromatic heterocycles. The third-order valence-corrected chi connectivity index (χ3v) is 6.75. The van der Waals surface area contributed by atoms with Crippen molar-refractivity contribution in [3.05, 3.63) is 15.6 Å². The lowest BCUT2D eigenvalue weighted by Gasteiger charge is -2.31. The SMILES string of the molecule is C[C@H](NC[C@H]1COC2(CCCCC2)O1)c1nc2c(s1)CCCC2. The van der Waals surface area contributed by atoms with E-state index in [0.717, 1.165) is 26.0 Å². The van der Waals surface area contributed by atoms with E-state index in [0.29, 0.717) is 6.04 Å². The molecular formula is C18H28N2O2S. The Bertz CT molecular complexity index is 516. The molecular weight excluding hydrogens is 308 g/mol. The predicted octanol–water partition coefficient (Wildman–Crippen LogP) is 3.75. The zero-order valence-corrected chi connectivity index (χ0v) is 14.9. The van der Waals surface area contributed by atoms with E-state index in [-0.39, 0.29) is 11.9 Å². The molecule has 2 fully saturated rings. The van der Waals surface area contributed by atoms with Crippen LogP contribution < -0.4 is 5.32 Å². The highest BCUT2D eigenvalue weighted by molar-refractivity contribution is 7.11. The summed E-state index contributed by atoms with van der Waals surface area (Å²) in [7, 11) is 0. The first-order valence-electron chi connectivity index (χ1n) is 9.28. The van der Waals surface area contributed by atoms with E-state index in [1.807, 2.05) is 11.3 Å². The molecule has 4 nitrogen and oxygen atoms in total. The molecule has 2 aliphatic carbocycles. The first-order chi connectivity index (χ1) is 11.2. The fourth-order valence-electron chi connectivity index (χ4n) is 4.02. The zero-order chi connectivity index (χ0) is 15.7. The fourth-order valence-corrected chi connectivity index (χ4v) is 5.20. The van der Waals surface area contributed by atoms with Crippen LogP contribution in [0.4, 0.5) is 0 Å². The summed E-state index contributed by atoms with van der Waals surface area (Å²) < 4.78 is 12.3. The van der Waals surface area contributed by atoms with Gasteiger partial charge in [-0.3, -0.25) is 0 Å². The molecule has 1 aromatic rings. The number of fused-ring (bicyclic) bond motifs is 1. The lowest BCUT2D eigenvalue weighted by Crippen LogP contribution is -2.36. The second-order valence-corrected chi connectivity index (χ2v) is 8.40. The van der Waals surface area contributed by atoms with Crippen molar-refractivity contribution in [2.24, 2.45) is 0 Å². The van der Waals surface area contributed by atoms with Gasteiger partial charge in [0, 0.05) is 24.3 Å². The van der Waals surface area contributed by atoms with Crippen LogP contribution in [0, 0.1) is 0 Å². The number of aryl methyl sites for hydroxylation is 2. The van der Waals surface area contributed by atoms with Gasteiger partial charge in [0.25, 0.3) is 0 Å². The third-order valence-electron chi connectivity index (χ3n) is 5.41. The molecule has 1 aliphatic heterocycles. The van der Waals surface area contributed by atoms with Crippen LogP contribution >= 0.6 is 11.3 Å². The maximum atomic E-state index is 6.26. The Kier molecular flexibility index (Phi) is 4.72. The van der Waals surface area contributed by atoms with Crippen LogP contribution in [0.3, 0.4) is 0 Å². The molecule has 0 radical (unpaired) electrons.